The fraction of sp³-hybridized carbons (Fsp3) is 0.550. The van der Waals surface area contributed by atoms with E-state index in [1.807, 2.05) is 22.9 Å². The molecule has 134 valence electrons. The number of aromatic nitrogens is 1. The Labute approximate surface area is 157 Å². The van der Waals surface area contributed by atoms with E-state index < -0.39 is 0 Å². The number of piperidine rings is 2. The van der Waals surface area contributed by atoms with Crippen LogP contribution in [0.1, 0.15) is 32.1 Å². The van der Waals surface area contributed by atoms with Crippen LogP contribution in [-0.2, 0) is 11.3 Å². The van der Waals surface area contributed by atoms with Gasteiger partial charge in [0.15, 0.2) is 0 Å². The van der Waals surface area contributed by atoms with Crippen LogP contribution in [0.2, 0.25) is 0 Å². The van der Waals surface area contributed by atoms with E-state index >= 15 is 0 Å². The van der Waals surface area contributed by atoms with Crippen molar-refractivity contribution in [2.45, 2.75) is 44.7 Å². The monoisotopic (exact) mass is 403 g/mol. The van der Waals surface area contributed by atoms with Gasteiger partial charge in [-0.3, -0.25) is 4.79 Å². The number of carbonyl (C=O) groups is 1. The number of nitrogens with one attached hydrogen (secondary N) is 1. The third kappa shape index (κ3) is 3.63. The third-order valence-electron chi connectivity index (χ3n) is 5.86. The van der Waals surface area contributed by atoms with Gasteiger partial charge in [-0.2, -0.15) is 0 Å². The summed E-state index contributed by atoms with van der Waals surface area (Å²) in [6, 6.07) is 8.86. The topological polar surface area (TPSA) is 37.3 Å². The van der Waals surface area contributed by atoms with Gasteiger partial charge in [0, 0.05) is 34.2 Å². The Bertz CT molecular complexity index is 754. The van der Waals surface area contributed by atoms with E-state index in [1.165, 1.54) is 45.2 Å². The van der Waals surface area contributed by atoms with Gasteiger partial charge in [0.1, 0.15) is 6.54 Å². The standard InChI is InChI=1S/C20H26BrN3O/c21-17-6-3-8-19-16(17)9-12-24(19)14-20(25)22-13-15-5-4-11-23-10-2-1-7-18(15)23/h3,6,8-9,12,15,18H,1-2,4-5,7,10-11,13-14H2,(H,22,25)/t15-,18-/m1/s1. The third-order valence-corrected chi connectivity index (χ3v) is 6.56. The van der Waals surface area contributed by atoms with E-state index in [0.29, 0.717) is 18.5 Å². The Hall–Kier alpha value is -1.33. The predicted octanol–water partition coefficient (Wildman–Crippen LogP) is 3.78. The molecule has 1 N–H and O–H groups in total. The SMILES string of the molecule is O=C(Cn1ccc2c(Br)cccc21)NC[C@H]1CCCN2CCCC[C@H]12. The first-order valence-electron chi connectivity index (χ1n) is 9.46. The summed E-state index contributed by atoms with van der Waals surface area (Å²) in [5.41, 5.74) is 1.10. The van der Waals surface area contributed by atoms with E-state index in [-0.39, 0.29) is 5.91 Å². The number of rotatable bonds is 4. The van der Waals surface area contributed by atoms with Crippen molar-refractivity contribution in [2.75, 3.05) is 19.6 Å². The van der Waals surface area contributed by atoms with Gasteiger partial charge in [0.05, 0.1) is 0 Å². The van der Waals surface area contributed by atoms with E-state index in [1.54, 1.807) is 0 Å². The molecule has 2 saturated heterocycles. The van der Waals surface area contributed by atoms with Crippen LogP contribution in [0.3, 0.4) is 0 Å². The van der Waals surface area contributed by atoms with Crippen molar-refractivity contribution < 1.29 is 4.79 Å². The van der Waals surface area contributed by atoms with Gasteiger partial charge >= 0.3 is 0 Å². The summed E-state index contributed by atoms with van der Waals surface area (Å²) < 4.78 is 3.10. The number of carbonyl (C=O) groups excluding carboxylic acids is 1. The molecule has 2 fully saturated rings. The van der Waals surface area contributed by atoms with Crippen molar-refractivity contribution in [2.24, 2.45) is 5.92 Å². The molecule has 2 aliphatic rings. The van der Waals surface area contributed by atoms with E-state index in [0.717, 1.165) is 21.9 Å². The second-order valence-corrected chi connectivity index (χ2v) is 8.28. The lowest BCUT2D eigenvalue weighted by molar-refractivity contribution is -0.122. The zero-order valence-corrected chi connectivity index (χ0v) is 16.2. The van der Waals surface area contributed by atoms with Gasteiger partial charge in [-0.1, -0.05) is 28.4 Å². The van der Waals surface area contributed by atoms with Crippen molar-refractivity contribution in [1.82, 2.24) is 14.8 Å². The van der Waals surface area contributed by atoms with Crippen LogP contribution in [0.4, 0.5) is 0 Å². The maximum atomic E-state index is 12.5. The number of halogens is 1. The summed E-state index contributed by atoms with van der Waals surface area (Å²) in [6.45, 7) is 3.71. The van der Waals surface area contributed by atoms with Gasteiger partial charge in [-0.05, 0) is 62.9 Å². The molecular weight excluding hydrogens is 378 g/mol. The number of benzene rings is 1. The molecule has 3 heterocycles. The van der Waals surface area contributed by atoms with E-state index in [4.69, 9.17) is 0 Å². The molecule has 25 heavy (non-hydrogen) atoms. The fourth-order valence-corrected chi connectivity index (χ4v) is 5.08. The van der Waals surface area contributed by atoms with Crippen LogP contribution < -0.4 is 5.32 Å². The maximum Gasteiger partial charge on any atom is 0.239 e. The molecular formula is C20H26BrN3O. The lowest BCUT2D eigenvalue weighted by Crippen LogP contribution is -2.51. The van der Waals surface area contributed by atoms with Crippen molar-refractivity contribution in [3.8, 4) is 0 Å². The number of nitrogens with zero attached hydrogens (tertiary/aromatic N) is 2. The molecule has 0 bridgehead atoms. The molecule has 4 nitrogen and oxygen atoms in total. The Balaban J connectivity index is 1.36. The minimum atomic E-state index is 0.116. The summed E-state index contributed by atoms with van der Waals surface area (Å²) in [7, 11) is 0. The van der Waals surface area contributed by atoms with Crippen LogP contribution in [-0.4, -0.2) is 41.1 Å². The van der Waals surface area contributed by atoms with Gasteiger partial charge in [0.2, 0.25) is 5.91 Å². The first-order chi connectivity index (χ1) is 12.2. The minimum Gasteiger partial charge on any atom is -0.354 e. The van der Waals surface area contributed by atoms with Crippen LogP contribution in [0.25, 0.3) is 10.9 Å². The smallest absolute Gasteiger partial charge is 0.239 e. The molecule has 0 aliphatic carbocycles. The molecule has 2 aromatic rings. The molecule has 2 aliphatic heterocycles. The average Bonchev–Trinajstić information content (AvgIpc) is 3.04. The normalized spacial score (nSPS) is 24.2. The minimum absolute atomic E-state index is 0.116. The van der Waals surface area contributed by atoms with E-state index in [2.05, 4.69) is 38.3 Å². The number of fused-ring (bicyclic) bond motifs is 2. The van der Waals surface area contributed by atoms with Crippen LogP contribution in [0.15, 0.2) is 34.9 Å². The van der Waals surface area contributed by atoms with Crippen molar-refractivity contribution in [3.63, 3.8) is 0 Å². The van der Waals surface area contributed by atoms with Crippen LogP contribution >= 0.6 is 15.9 Å². The zero-order chi connectivity index (χ0) is 17.2. The van der Waals surface area contributed by atoms with E-state index in [9.17, 15) is 4.79 Å². The largest absolute Gasteiger partial charge is 0.354 e. The molecule has 5 heteroatoms. The van der Waals surface area contributed by atoms with Gasteiger partial charge < -0.3 is 14.8 Å². The summed E-state index contributed by atoms with van der Waals surface area (Å²) in [6.07, 6.45) is 8.51. The lowest BCUT2D eigenvalue weighted by atomic mass is 9.83. The summed E-state index contributed by atoms with van der Waals surface area (Å²) in [5, 5.41) is 4.36. The highest BCUT2D eigenvalue weighted by atomic mass is 79.9. The predicted molar refractivity (Wildman–Crippen MR) is 105 cm³/mol. The second-order valence-electron chi connectivity index (χ2n) is 7.42. The Morgan fingerprint density at radius 1 is 1.16 bits per heavy atom. The molecule has 0 spiro atoms. The average molecular weight is 404 g/mol. The summed E-state index contributed by atoms with van der Waals surface area (Å²) in [5.74, 6) is 0.735. The van der Waals surface area contributed by atoms with Gasteiger partial charge in [-0.25, -0.2) is 0 Å². The summed E-state index contributed by atoms with van der Waals surface area (Å²) >= 11 is 3.57. The Kier molecular flexibility index (Phi) is 5.13. The Morgan fingerprint density at radius 2 is 2.04 bits per heavy atom. The van der Waals surface area contributed by atoms with Crippen molar-refractivity contribution >= 4 is 32.7 Å². The fourth-order valence-electron chi connectivity index (χ4n) is 4.59. The molecule has 1 aromatic heterocycles. The number of amides is 1. The maximum absolute atomic E-state index is 12.5. The summed E-state index contributed by atoms with van der Waals surface area (Å²) in [4.78, 5) is 15.1. The quantitative estimate of drug-likeness (QED) is 0.842. The molecule has 4 rings (SSSR count). The molecule has 0 radical (unpaired) electrons. The highest BCUT2D eigenvalue weighted by molar-refractivity contribution is 9.10. The second kappa shape index (κ2) is 7.50. The first kappa shape index (κ1) is 17.1. The Morgan fingerprint density at radius 3 is 2.96 bits per heavy atom. The molecule has 1 aromatic carbocycles. The molecule has 0 saturated carbocycles. The lowest BCUT2D eigenvalue weighted by Gasteiger charge is -2.44. The highest BCUT2D eigenvalue weighted by Gasteiger charge is 2.32. The first-order valence-corrected chi connectivity index (χ1v) is 10.3. The molecule has 0 unspecified atom stereocenters. The number of hydrogen-bond donors (Lipinski definition) is 1. The van der Waals surface area contributed by atoms with Gasteiger partial charge in [-0.15, -0.1) is 0 Å². The molecule has 1 amide bonds. The van der Waals surface area contributed by atoms with Crippen molar-refractivity contribution in [1.29, 1.82) is 0 Å². The zero-order valence-electron chi connectivity index (χ0n) is 14.6. The number of hydrogen-bond acceptors (Lipinski definition) is 2. The highest BCUT2D eigenvalue weighted by Crippen LogP contribution is 2.30. The van der Waals surface area contributed by atoms with Gasteiger partial charge in [0.25, 0.3) is 0 Å². The van der Waals surface area contributed by atoms with Crippen LogP contribution in [0.5, 0.6) is 0 Å². The van der Waals surface area contributed by atoms with Crippen LogP contribution in [0, 0.1) is 5.92 Å². The van der Waals surface area contributed by atoms with Crippen molar-refractivity contribution in [3.05, 3.63) is 34.9 Å². The molecule has 2 atom stereocenters.